The minimum Gasteiger partial charge on any atom is -0.345 e. The molecular weight excluding hydrogens is 574 g/mol. The fourth-order valence-corrected chi connectivity index (χ4v) is 3.41. The van der Waals surface area contributed by atoms with Crippen LogP contribution in [0.1, 0.15) is 45.5 Å². The number of hydrogen-bond donors (Lipinski definition) is 2. The monoisotopic (exact) mass is 592 g/mol. The minimum atomic E-state index is -5.30. The van der Waals surface area contributed by atoms with Crippen LogP contribution in [0, 0.1) is 6.92 Å². The highest BCUT2D eigenvalue weighted by atomic mass is 35.5. The molecule has 2 rings (SSSR count). The number of carbonyl (C=O) groups excluding carboxylic acids is 2. The Morgan fingerprint density at radius 2 is 1.59 bits per heavy atom. The maximum Gasteiger partial charge on any atom is 0.417 e. The van der Waals surface area contributed by atoms with Crippen molar-refractivity contribution < 1.29 is 53.5 Å². The maximum absolute atomic E-state index is 14.9. The van der Waals surface area contributed by atoms with Gasteiger partial charge in [0.25, 0.3) is 5.91 Å². The average Bonchev–Trinajstić information content (AvgIpc) is 2.80. The number of hydrogen-bond acceptors (Lipinski definition) is 2. The lowest BCUT2D eigenvalue weighted by atomic mass is 9.94. The number of benzene rings is 2. The molecule has 0 aromatic heterocycles. The van der Waals surface area contributed by atoms with Crippen LogP contribution in [-0.4, -0.2) is 36.8 Å². The zero-order valence-corrected chi connectivity index (χ0v) is 20.6. The second-order valence-corrected chi connectivity index (χ2v) is 8.74. The number of rotatable bonds is 7. The topological polar surface area (TPSA) is 58.2 Å². The predicted molar refractivity (Wildman–Crippen MR) is 122 cm³/mol. The van der Waals surface area contributed by atoms with Gasteiger partial charge in [-0.2, -0.15) is 39.5 Å². The molecule has 2 amide bonds. The Morgan fingerprint density at radius 3 is 2.10 bits per heavy atom. The Bertz CT molecular complexity index is 1250. The molecule has 2 aromatic carbocycles. The zero-order chi connectivity index (χ0) is 29.9. The number of carbonyl (C=O) groups is 2. The Labute approximate surface area is 220 Å². The van der Waals surface area contributed by atoms with Crippen molar-refractivity contribution in [3.05, 3.63) is 75.3 Å². The van der Waals surface area contributed by atoms with Gasteiger partial charge in [-0.25, -0.2) is 4.39 Å². The lowest BCUT2D eigenvalue weighted by molar-refractivity contribution is -0.140. The van der Waals surface area contributed by atoms with Gasteiger partial charge < -0.3 is 10.6 Å². The molecule has 0 saturated carbocycles. The predicted octanol–water partition coefficient (Wildman–Crippen LogP) is 7.12. The third-order valence-corrected chi connectivity index (χ3v) is 5.68. The first kappa shape index (κ1) is 31.9. The van der Waals surface area contributed by atoms with Crippen molar-refractivity contribution in [1.29, 1.82) is 0 Å². The van der Waals surface area contributed by atoms with E-state index in [0.29, 0.717) is 12.1 Å². The first-order valence-electron chi connectivity index (χ1n) is 10.8. The molecule has 2 aromatic rings. The number of amides is 2. The lowest BCUT2D eigenvalue weighted by Gasteiger charge is -2.19. The Kier molecular flexibility index (Phi) is 9.69. The number of aryl methyl sites for hydroxylation is 1. The van der Waals surface area contributed by atoms with Gasteiger partial charge in [-0.3, -0.25) is 9.59 Å². The Morgan fingerprint density at radius 1 is 0.974 bits per heavy atom. The van der Waals surface area contributed by atoms with Crippen molar-refractivity contribution in [3.63, 3.8) is 0 Å². The summed E-state index contributed by atoms with van der Waals surface area (Å²) >= 11 is 5.81. The molecule has 4 nitrogen and oxygen atoms in total. The normalized spacial score (nSPS) is 14.5. The first-order chi connectivity index (χ1) is 17.7. The molecular formula is C24H19ClF10N2O2. The first-order valence-corrected chi connectivity index (χ1v) is 11.2. The van der Waals surface area contributed by atoms with Gasteiger partial charge >= 0.3 is 18.5 Å². The smallest absolute Gasteiger partial charge is 0.345 e. The SMILES string of the molecule is Cc1cc(C(/C=C(\F)c2ccc(C(=O)NC(C)C(=O)NCC(F)(F)F)c(C(F)(F)F)c2)C(F)(F)F)ccc1Cl. The second-order valence-electron chi connectivity index (χ2n) is 8.33. The van der Waals surface area contributed by atoms with Crippen LogP contribution in [-0.2, 0) is 11.0 Å². The quantitative estimate of drug-likeness (QED) is 0.337. The summed E-state index contributed by atoms with van der Waals surface area (Å²) in [7, 11) is 0. The maximum atomic E-state index is 14.9. The van der Waals surface area contributed by atoms with E-state index in [1.54, 1.807) is 5.32 Å². The van der Waals surface area contributed by atoms with Crippen LogP contribution in [0.25, 0.3) is 5.83 Å². The third-order valence-electron chi connectivity index (χ3n) is 5.26. The molecule has 2 N–H and O–H groups in total. The lowest BCUT2D eigenvalue weighted by Crippen LogP contribution is -2.47. The van der Waals surface area contributed by atoms with E-state index in [1.165, 1.54) is 12.2 Å². The van der Waals surface area contributed by atoms with Crippen LogP contribution in [0.5, 0.6) is 0 Å². The molecule has 0 bridgehead atoms. The molecule has 0 aliphatic rings. The number of allylic oxidation sites excluding steroid dienone is 1. The summed E-state index contributed by atoms with van der Waals surface area (Å²) < 4.78 is 134. The number of halogens is 11. The number of nitrogens with one attached hydrogen (secondary N) is 2. The third kappa shape index (κ3) is 8.87. The molecule has 2 atom stereocenters. The molecule has 0 aliphatic heterocycles. The molecule has 15 heteroatoms. The van der Waals surface area contributed by atoms with Crippen molar-refractivity contribution >= 4 is 29.2 Å². The second kappa shape index (κ2) is 11.8. The van der Waals surface area contributed by atoms with Gasteiger partial charge in [0.2, 0.25) is 5.91 Å². The molecule has 0 aliphatic carbocycles. The summed E-state index contributed by atoms with van der Waals surface area (Å²) in [5, 5.41) is 3.37. The molecule has 0 heterocycles. The van der Waals surface area contributed by atoms with E-state index in [4.69, 9.17) is 11.6 Å². The van der Waals surface area contributed by atoms with Crippen molar-refractivity contribution in [1.82, 2.24) is 10.6 Å². The van der Waals surface area contributed by atoms with Crippen LogP contribution in [0.4, 0.5) is 43.9 Å². The fourth-order valence-electron chi connectivity index (χ4n) is 3.29. The highest BCUT2D eigenvalue weighted by molar-refractivity contribution is 6.31. The van der Waals surface area contributed by atoms with Crippen molar-refractivity contribution in [2.75, 3.05) is 6.54 Å². The average molecular weight is 593 g/mol. The van der Waals surface area contributed by atoms with Crippen molar-refractivity contribution in [3.8, 4) is 0 Å². The van der Waals surface area contributed by atoms with Crippen molar-refractivity contribution in [2.45, 2.75) is 44.3 Å². The highest BCUT2D eigenvalue weighted by Gasteiger charge is 2.41. The summed E-state index contributed by atoms with van der Waals surface area (Å²) in [6, 6.07) is 2.67. The van der Waals surface area contributed by atoms with E-state index in [1.807, 2.05) is 0 Å². The van der Waals surface area contributed by atoms with Gasteiger partial charge in [0.05, 0.1) is 11.1 Å². The molecule has 0 fully saturated rings. The minimum absolute atomic E-state index is 0.0744. The summed E-state index contributed by atoms with van der Waals surface area (Å²) in [6.07, 6.45) is -15.0. The number of alkyl halides is 9. The van der Waals surface area contributed by atoms with Gasteiger partial charge in [-0.05, 0) is 49.2 Å². The summed E-state index contributed by atoms with van der Waals surface area (Å²) in [4.78, 5) is 24.1. The van der Waals surface area contributed by atoms with Crippen LogP contribution in [0.2, 0.25) is 5.02 Å². The van der Waals surface area contributed by atoms with Gasteiger partial charge in [0, 0.05) is 10.6 Å². The molecule has 39 heavy (non-hydrogen) atoms. The van der Waals surface area contributed by atoms with Gasteiger partial charge in [-0.1, -0.05) is 29.8 Å². The van der Waals surface area contributed by atoms with E-state index < -0.39 is 76.9 Å². The standard InChI is InChI=1S/C24H19ClF10N2O2/c1-11-7-13(4-6-18(11)25)16(23(30,31)32)9-19(26)14-3-5-15(17(8-14)24(33,34)35)21(39)37-12(2)20(38)36-10-22(27,28)29/h3-9,12,16H,10H2,1-2H3,(H,36,38)(H,37,39)/b19-9-. The van der Waals surface area contributed by atoms with Crippen LogP contribution in [0.3, 0.4) is 0 Å². The Hall–Kier alpha value is -3.29. The summed E-state index contributed by atoms with van der Waals surface area (Å²) in [6.45, 7) is 0.553. The fraction of sp³-hybridized carbons (Fsp3) is 0.333. The van der Waals surface area contributed by atoms with E-state index in [0.717, 1.165) is 25.1 Å². The van der Waals surface area contributed by atoms with Crippen LogP contribution >= 0.6 is 11.6 Å². The molecule has 0 spiro atoms. The van der Waals surface area contributed by atoms with Gasteiger partial charge in [0.15, 0.2) is 0 Å². The summed E-state index contributed by atoms with van der Waals surface area (Å²) in [5.41, 5.74) is -4.02. The van der Waals surface area contributed by atoms with Gasteiger partial charge in [0.1, 0.15) is 24.3 Å². The van der Waals surface area contributed by atoms with E-state index >= 15 is 0 Å². The molecule has 2 unspecified atom stereocenters. The molecule has 0 radical (unpaired) electrons. The summed E-state index contributed by atoms with van der Waals surface area (Å²) in [5.74, 6) is -7.13. The zero-order valence-electron chi connectivity index (χ0n) is 19.9. The van der Waals surface area contributed by atoms with Crippen LogP contribution < -0.4 is 10.6 Å². The van der Waals surface area contributed by atoms with E-state index in [2.05, 4.69) is 0 Å². The van der Waals surface area contributed by atoms with E-state index in [9.17, 15) is 53.5 Å². The highest BCUT2D eigenvalue weighted by Crippen LogP contribution is 2.40. The largest absolute Gasteiger partial charge is 0.417 e. The molecule has 214 valence electrons. The van der Waals surface area contributed by atoms with Crippen molar-refractivity contribution in [2.24, 2.45) is 0 Å². The molecule has 0 saturated heterocycles. The van der Waals surface area contributed by atoms with E-state index in [-0.39, 0.29) is 22.7 Å². The Balaban J connectivity index is 2.42. The van der Waals surface area contributed by atoms with Crippen LogP contribution in [0.15, 0.2) is 42.5 Å². The van der Waals surface area contributed by atoms with Gasteiger partial charge in [-0.15, -0.1) is 0 Å².